The van der Waals surface area contributed by atoms with Gasteiger partial charge < -0.3 is 15.2 Å². The molecule has 1 aromatic carbocycles. The number of hydrogen-bond acceptors (Lipinski definition) is 3. The van der Waals surface area contributed by atoms with E-state index in [9.17, 15) is 9.90 Å². The van der Waals surface area contributed by atoms with E-state index >= 15 is 0 Å². The minimum atomic E-state index is -0.177. The number of aliphatic hydroxyl groups excluding tert-OH is 1. The summed E-state index contributed by atoms with van der Waals surface area (Å²) in [6.07, 6.45) is 1.79. The smallest absolute Gasteiger partial charge is 0.258 e. The highest BCUT2D eigenvalue weighted by Crippen LogP contribution is 2.22. The molecule has 0 spiro atoms. The van der Waals surface area contributed by atoms with Crippen molar-refractivity contribution in [2.24, 2.45) is 0 Å². The molecule has 5 heteroatoms. The van der Waals surface area contributed by atoms with E-state index in [-0.39, 0.29) is 25.2 Å². The first-order valence-corrected chi connectivity index (χ1v) is 6.79. The van der Waals surface area contributed by atoms with Crippen LogP contribution in [0.2, 0.25) is 5.02 Å². The van der Waals surface area contributed by atoms with Crippen molar-refractivity contribution in [2.75, 3.05) is 6.61 Å². The van der Waals surface area contributed by atoms with Crippen LogP contribution < -0.4 is 10.1 Å². The molecule has 106 valence electrons. The minimum absolute atomic E-state index is 0.0644. The molecule has 2 N–H and O–H groups in total. The largest absolute Gasteiger partial charge is 0.483 e. The number of aliphatic hydroxyl groups is 1. The van der Waals surface area contributed by atoms with Crippen LogP contribution in [0.15, 0.2) is 18.2 Å². The fourth-order valence-corrected chi connectivity index (χ4v) is 1.91. The monoisotopic (exact) mass is 285 g/mol. The van der Waals surface area contributed by atoms with E-state index in [4.69, 9.17) is 16.3 Å². The van der Waals surface area contributed by atoms with E-state index in [2.05, 4.69) is 5.32 Å². The number of rotatable bonds is 7. The fraction of sp³-hybridized carbons (Fsp3) is 0.500. The molecule has 0 aromatic heterocycles. The second-order valence-corrected chi connectivity index (χ2v) is 4.72. The molecule has 19 heavy (non-hydrogen) atoms. The van der Waals surface area contributed by atoms with Gasteiger partial charge >= 0.3 is 0 Å². The van der Waals surface area contributed by atoms with Crippen molar-refractivity contribution in [2.45, 2.75) is 39.3 Å². The highest BCUT2D eigenvalue weighted by atomic mass is 35.5. The highest BCUT2D eigenvalue weighted by molar-refractivity contribution is 6.30. The number of amides is 1. The zero-order valence-corrected chi connectivity index (χ0v) is 12.0. The molecule has 0 heterocycles. The zero-order valence-electron chi connectivity index (χ0n) is 11.3. The first-order valence-electron chi connectivity index (χ1n) is 6.42. The van der Waals surface area contributed by atoms with Gasteiger partial charge in [-0.1, -0.05) is 25.4 Å². The number of nitrogens with one attached hydrogen (secondary N) is 1. The van der Waals surface area contributed by atoms with Gasteiger partial charge in [0.25, 0.3) is 5.91 Å². The molecular formula is C14H20ClNO3. The summed E-state index contributed by atoms with van der Waals surface area (Å²) >= 11 is 5.82. The van der Waals surface area contributed by atoms with Crippen molar-refractivity contribution in [3.63, 3.8) is 0 Å². The summed E-state index contributed by atoms with van der Waals surface area (Å²) in [4.78, 5) is 11.7. The van der Waals surface area contributed by atoms with E-state index in [1.807, 2.05) is 13.8 Å². The van der Waals surface area contributed by atoms with E-state index < -0.39 is 0 Å². The summed E-state index contributed by atoms with van der Waals surface area (Å²) in [5.41, 5.74) is 0.572. The van der Waals surface area contributed by atoms with Crippen LogP contribution in [-0.2, 0) is 11.4 Å². The predicted molar refractivity (Wildman–Crippen MR) is 75.4 cm³/mol. The molecule has 0 aliphatic rings. The van der Waals surface area contributed by atoms with Gasteiger partial charge in [-0.2, -0.15) is 0 Å². The van der Waals surface area contributed by atoms with Crippen molar-refractivity contribution in [3.05, 3.63) is 28.8 Å². The molecular weight excluding hydrogens is 266 g/mol. The Morgan fingerprint density at radius 3 is 2.68 bits per heavy atom. The molecule has 0 fully saturated rings. The highest BCUT2D eigenvalue weighted by Gasteiger charge is 2.10. The lowest BCUT2D eigenvalue weighted by molar-refractivity contribution is -0.123. The van der Waals surface area contributed by atoms with Gasteiger partial charge in [-0.25, -0.2) is 0 Å². The minimum Gasteiger partial charge on any atom is -0.483 e. The van der Waals surface area contributed by atoms with Gasteiger partial charge in [-0.05, 0) is 31.0 Å². The molecule has 0 bridgehead atoms. The maximum absolute atomic E-state index is 11.7. The summed E-state index contributed by atoms with van der Waals surface area (Å²) in [5, 5.41) is 12.6. The summed E-state index contributed by atoms with van der Waals surface area (Å²) in [6.45, 7) is 3.81. The van der Waals surface area contributed by atoms with Gasteiger partial charge in [0.2, 0.25) is 0 Å². The molecule has 0 atom stereocenters. The average molecular weight is 286 g/mol. The molecule has 0 saturated heterocycles. The molecule has 0 saturated carbocycles. The normalized spacial score (nSPS) is 10.6. The first-order chi connectivity index (χ1) is 9.10. The van der Waals surface area contributed by atoms with E-state index in [1.165, 1.54) is 0 Å². The van der Waals surface area contributed by atoms with Gasteiger partial charge in [0.1, 0.15) is 5.75 Å². The van der Waals surface area contributed by atoms with Crippen LogP contribution in [-0.4, -0.2) is 23.7 Å². The average Bonchev–Trinajstić information content (AvgIpc) is 2.43. The molecule has 1 rings (SSSR count). The lowest BCUT2D eigenvalue weighted by atomic mass is 10.2. The predicted octanol–water partition coefficient (Wildman–Crippen LogP) is 2.52. The van der Waals surface area contributed by atoms with Crippen molar-refractivity contribution < 1.29 is 14.6 Å². The molecule has 0 aliphatic carbocycles. The number of halogens is 1. The molecule has 0 radical (unpaired) electrons. The van der Waals surface area contributed by atoms with Crippen LogP contribution in [0.25, 0.3) is 0 Å². The Kier molecular flexibility index (Phi) is 6.67. The van der Waals surface area contributed by atoms with Crippen molar-refractivity contribution in [3.8, 4) is 5.75 Å². The Morgan fingerprint density at radius 1 is 1.42 bits per heavy atom. The number of hydrogen-bond donors (Lipinski definition) is 2. The second-order valence-electron chi connectivity index (χ2n) is 4.28. The maximum Gasteiger partial charge on any atom is 0.258 e. The van der Waals surface area contributed by atoms with Crippen LogP contribution in [0, 0.1) is 0 Å². The maximum atomic E-state index is 11.7. The second kappa shape index (κ2) is 8.02. The Bertz CT molecular complexity index is 419. The number of carbonyl (C=O) groups is 1. The third kappa shape index (κ3) is 5.09. The Balaban J connectivity index is 2.54. The number of carbonyl (C=O) groups excluding carboxylic acids is 1. The summed E-state index contributed by atoms with van der Waals surface area (Å²) in [7, 11) is 0. The SMILES string of the molecule is CCC(CC)NC(=O)COc1ccc(Cl)cc1CO. The van der Waals surface area contributed by atoms with E-state index in [0.717, 1.165) is 12.8 Å². The molecule has 4 nitrogen and oxygen atoms in total. The Labute approximate surface area is 118 Å². The van der Waals surface area contributed by atoms with Gasteiger partial charge in [0, 0.05) is 16.6 Å². The van der Waals surface area contributed by atoms with Crippen molar-refractivity contribution in [1.29, 1.82) is 0 Å². The lowest BCUT2D eigenvalue weighted by Gasteiger charge is -2.15. The fourth-order valence-electron chi connectivity index (χ4n) is 1.72. The zero-order chi connectivity index (χ0) is 14.3. The molecule has 0 unspecified atom stereocenters. The number of benzene rings is 1. The van der Waals surface area contributed by atoms with Crippen LogP contribution in [0.5, 0.6) is 5.75 Å². The van der Waals surface area contributed by atoms with Gasteiger partial charge in [-0.3, -0.25) is 4.79 Å². The summed E-state index contributed by atoms with van der Waals surface area (Å²) in [6, 6.07) is 5.11. The Morgan fingerprint density at radius 2 is 2.11 bits per heavy atom. The molecule has 1 aromatic rings. The third-order valence-electron chi connectivity index (χ3n) is 2.90. The van der Waals surface area contributed by atoms with Crippen molar-refractivity contribution in [1.82, 2.24) is 5.32 Å². The Hall–Kier alpha value is -1.26. The summed E-state index contributed by atoms with van der Waals surface area (Å²) in [5.74, 6) is 0.319. The first kappa shape index (κ1) is 15.8. The van der Waals surface area contributed by atoms with Crippen LogP contribution in [0.3, 0.4) is 0 Å². The van der Waals surface area contributed by atoms with E-state index in [0.29, 0.717) is 16.3 Å². The standard InChI is InChI=1S/C14H20ClNO3/c1-3-12(4-2)16-14(18)9-19-13-6-5-11(15)7-10(13)8-17/h5-7,12,17H,3-4,8-9H2,1-2H3,(H,16,18). The van der Waals surface area contributed by atoms with Gasteiger partial charge in [0.05, 0.1) is 6.61 Å². The van der Waals surface area contributed by atoms with Gasteiger partial charge in [-0.15, -0.1) is 0 Å². The summed E-state index contributed by atoms with van der Waals surface area (Å²) < 4.78 is 5.40. The van der Waals surface area contributed by atoms with Crippen molar-refractivity contribution >= 4 is 17.5 Å². The lowest BCUT2D eigenvalue weighted by Crippen LogP contribution is -2.37. The van der Waals surface area contributed by atoms with Crippen LogP contribution in [0.4, 0.5) is 0 Å². The van der Waals surface area contributed by atoms with Gasteiger partial charge in [0.15, 0.2) is 6.61 Å². The molecule has 0 aliphatic heterocycles. The van der Waals surface area contributed by atoms with E-state index in [1.54, 1.807) is 18.2 Å². The number of ether oxygens (including phenoxy) is 1. The topological polar surface area (TPSA) is 58.6 Å². The quantitative estimate of drug-likeness (QED) is 0.809. The third-order valence-corrected chi connectivity index (χ3v) is 3.14. The molecule has 1 amide bonds. The van der Waals surface area contributed by atoms with Crippen LogP contribution >= 0.6 is 11.6 Å². The van der Waals surface area contributed by atoms with Crippen LogP contribution in [0.1, 0.15) is 32.3 Å².